The van der Waals surface area contributed by atoms with Gasteiger partial charge in [-0.2, -0.15) is 5.26 Å². The topological polar surface area (TPSA) is 96.0 Å². The minimum absolute atomic E-state index is 0.222. The summed E-state index contributed by atoms with van der Waals surface area (Å²) in [7, 11) is 0. The van der Waals surface area contributed by atoms with Gasteiger partial charge in [0.2, 0.25) is 11.8 Å². The summed E-state index contributed by atoms with van der Waals surface area (Å²) < 4.78 is 0. The quantitative estimate of drug-likeness (QED) is 0.788. The van der Waals surface area contributed by atoms with E-state index >= 15 is 0 Å². The van der Waals surface area contributed by atoms with Crippen LogP contribution in [0.15, 0.2) is 18.2 Å². The number of hydrogen-bond acceptors (Lipinski definition) is 3. The van der Waals surface area contributed by atoms with E-state index in [4.69, 9.17) is 11.0 Å². The second kappa shape index (κ2) is 4.94. The number of aryl methyl sites for hydroxylation is 1. The van der Waals surface area contributed by atoms with Crippen molar-refractivity contribution in [3.63, 3.8) is 0 Å². The molecule has 5 heteroatoms. The molecule has 0 radical (unpaired) electrons. The van der Waals surface area contributed by atoms with Crippen molar-refractivity contribution in [2.45, 2.75) is 13.3 Å². The highest BCUT2D eigenvalue weighted by molar-refractivity contribution is 5.97. The minimum atomic E-state index is -0.559. The van der Waals surface area contributed by atoms with Crippen LogP contribution in [0.2, 0.25) is 0 Å². The standard InChI is InChI=1S/C11H11N3O2/c1-7-2-3-8(11(13)16)6-9(7)14-10(15)4-5-12/h2-3,6H,4H2,1H3,(H2,13,16)(H,14,15). The Bertz CT molecular complexity index is 475. The van der Waals surface area contributed by atoms with E-state index < -0.39 is 11.8 Å². The van der Waals surface area contributed by atoms with Crippen molar-refractivity contribution in [2.24, 2.45) is 5.73 Å². The van der Waals surface area contributed by atoms with Gasteiger partial charge in [-0.25, -0.2) is 0 Å². The van der Waals surface area contributed by atoms with E-state index in [-0.39, 0.29) is 6.42 Å². The van der Waals surface area contributed by atoms with Crippen molar-refractivity contribution in [1.82, 2.24) is 0 Å². The number of anilines is 1. The summed E-state index contributed by atoms with van der Waals surface area (Å²) in [6.07, 6.45) is -0.222. The molecule has 0 aliphatic rings. The number of benzene rings is 1. The molecule has 0 heterocycles. The van der Waals surface area contributed by atoms with E-state index in [1.165, 1.54) is 6.07 Å². The Morgan fingerprint density at radius 1 is 1.50 bits per heavy atom. The summed E-state index contributed by atoms with van der Waals surface area (Å²) in [6, 6.07) is 6.50. The number of nitrogens with two attached hydrogens (primary N) is 1. The molecule has 0 bridgehead atoms. The van der Waals surface area contributed by atoms with Crippen molar-refractivity contribution < 1.29 is 9.59 Å². The zero-order valence-corrected chi connectivity index (χ0v) is 8.78. The molecule has 0 spiro atoms. The third-order valence-corrected chi connectivity index (χ3v) is 2.04. The van der Waals surface area contributed by atoms with E-state index in [9.17, 15) is 9.59 Å². The van der Waals surface area contributed by atoms with E-state index in [0.717, 1.165) is 5.56 Å². The average Bonchev–Trinajstić information content (AvgIpc) is 2.21. The first-order valence-corrected chi connectivity index (χ1v) is 4.62. The number of nitriles is 1. The molecule has 5 nitrogen and oxygen atoms in total. The third-order valence-electron chi connectivity index (χ3n) is 2.04. The number of hydrogen-bond donors (Lipinski definition) is 2. The zero-order chi connectivity index (χ0) is 12.1. The highest BCUT2D eigenvalue weighted by atomic mass is 16.2. The fraction of sp³-hybridized carbons (Fsp3) is 0.182. The lowest BCUT2D eigenvalue weighted by Crippen LogP contribution is -2.14. The molecule has 0 aromatic heterocycles. The smallest absolute Gasteiger partial charge is 0.248 e. The van der Waals surface area contributed by atoms with Gasteiger partial charge in [-0.1, -0.05) is 6.07 Å². The first-order chi connectivity index (χ1) is 7.54. The predicted octanol–water partition coefficient (Wildman–Crippen LogP) is 0.946. The minimum Gasteiger partial charge on any atom is -0.366 e. The van der Waals surface area contributed by atoms with Gasteiger partial charge in [-0.3, -0.25) is 9.59 Å². The molecular weight excluding hydrogens is 206 g/mol. The van der Waals surface area contributed by atoms with Crippen LogP contribution in [0.4, 0.5) is 5.69 Å². The summed E-state index contributed by atoms with van der Waals surface area (Å²) in [5, 5.41) is 10.9. The van der Waals surface area contributed by atoms with Crippen LogP contribution in [0.25, 0.3) is 0 Å². The summed E-state index contributed by atoms with van der Waals surface area (Å²) in [4.78, 5) is 22.1. The van der Waals surface area contributed by atoms with Gasteiger partial charge >= 0.3 is 0 Å². The van der Waals surface area contributed by atoms with Gasteiger partial charge in [0.25, 0.3) is 0 Å². The molecule has 1 rings (SSSR count). The molecule has 16 heavy (non-hydrogen) atoms. The molecule has 0 aliphatic heterocycles. The highest BCUT2D eigenvalue weighted by Crippen LogP contribution is 2.16. The van der Waals surface area contributed by atoms with Gasteiger partial charge in [0.1, 0.15) is 6.42 Å². The van der Waals surface area contributed by atoms with Crippen LogP contribution >= 0.6 is 0 Å². The lowest BCUT2D eigenvalue weighted by molar-refractivity contribution is -0.115. The molecule has 0 saturated carbocycles. The lowest BCUT2D eigenvalue weighted by Gasteiger charge is -2.07. The first-order valence-electron chi connectivity index (χ1n) is 4.62. The van der Waals surface area contributed by atoms with Gasteiger partial charge in [-0.05, 0) is 24.6 Å². The largest absolute Gasteiger partial charge is 0.366 e. The molecule has 82 valence electrons. The summed E-state index contributed by atoms with van der Waals surface area (Å²) in [5.41, 5.74) is 6.73. The second-order valence-corrected chi connectivity index (χ2v) is 3.28. The van der Waals surface area contributed by atoms with Gasteiger partial charge in [-0.15, -0.1) is 0 Å². The highest BCUT2D eigenvalue weighted by Gasteiger charge is 2.07. The second-order valence-electron chi connectivity index (χ2n) is 3.28. The summed E-state index contributed by atoms with van der Waals surface area (Å²) in [6.45, 7) is 1.78. The van der Waals surface area contributed by atoms with Crippen LogP contribution in [-0.2, 0) is 4.79 Å². The van der Waals surface area contributed by atoms with E-state index in [0.29, 0.717) is 11.3 Å². The van der Waals surface area contributed by atoms with Crippen molar-refractivity contribution in [1.29, 1.82) is 5.26 Å². The Morgan fingerprint density at radius 2 is 2.19 bits per heavy atom. The molecule has 0 unspecified atom stereocenters. The predicted molar refractivity (Wildman–Crippen MR) is 58.6 cm³/mol. The molecule has 1 aromatic rings. The molecule has 1 aromatic carbocycles. The Labute approximate surface area is 92.9 Å². The number of primary amides is 1. The molecule has 2 amide bonds. The van der Waals surface area contributed by atoms with Gasteiger partial charge < -0.3 is 11.1 Å². The molecule has 3 N–H and O–H groups in total. The molecule has 0 saturated heterocycles. The first kappa shape index (κ1) is 11.7. The maximum absolute atomic E-state index is 11.2. The SMILES string of the molecule is Cc1ccc(C(N)=O)cc1NC(=O)CC#N. The van der Waals surface area contributed by atoms with Crippen LogP contribution in [0.5, 0.6) is 0 Å². The molecule has 0 aliphatic carbocycles. The summed E-state index contributed by atoms with van der Waals surface area (Å²) >= 11 is 0. The molecule has 0 atom stereocenters. The van der Waals surface area contributed by atoms with Crippen molar-refractivity contribution in [3.05, 3.63) is 29.3 Å². The van der Waals surface area contributed by atoms with Crippen LogP contribution in [0, 0.1) is 18.3 Å². The van der Waals surface area contributed by atoms with E-state index in [2.05, 4.69) is 5.32 Å². The Hall–Kier alpha value is -2.35. The Kier molecular flexibility index (Phi) is 3.62. The van der Waals surface area contributed by atoms with Gasteiger partial charge in [0, 0.05) is 11.3 Å². The fourth-order valence-electron chi connectivity index (χ4n) is 1.18. The van der Waals surface area contributed by atoms with Crippen molar-refractivity contribution in [3.8, 4) is 6.07 Å². The Balaban J connectivity index is 2.95. The number of rotatable bonds is 3. The maximum Gasteiger partial charge on any atom is 0.248 e. The molecular formula is C11H11N3O2. The van der Waals surface area contributed by atoms with Crippen LogP contribution < -0.4 is 11.1 Å². The summed E-state index contributed by atoms with van der Waals surface area (Å²) in [5.74, 6) is -0.969. The van der Waals surface area contributed by atoms with Gasteiger partial charge in [0.15, 0.2) is 0 Å². The van der Waals surface area contributed by atoms with Crippen LogP contribution in [0.3, 0.4) is 0 Å². The van der Waals surface area contributed by atoms with Gasteiger partial charge in [0.05, 0.1) is 6.07 Å². The fourth-order valence-corrected chi connectivity index (χ4v) is 1.18. The van der Waals surface area contributed by atoms with Crippen LogP contribution in [-0.4, -0.2) is 11.8 Å². The molecule has 0 fully saturated rings. The van der Waals surface area contributed by atoms with Crippen molar-refractivity contribution in [2.75, 3.05) is 5.32 Å². The number of amides is 2. The van der Waals surface area contributed by atoms with E-state index in [1.807, 2.05) is 0 Å². The van der Waals surface area contributed by atoms with Crippen molar-refractivity contribution >= 4 is 17.5 Å². The average molecular weight is 217 g/mol. The lowest BCUT2D eigenvalue weighted by atomic mass is 10.1. The number of carbonyl (C=O) groups is 2. The number of nitrogens with one attached hydrogen (secondary N) is 1. The third kappa shape index (κ3) is 2.82. The monoisotopic (exact) mass is 217 g/mol. The zero-order valence-electron chi connectivity index (χ0n) is 8.78. The normalized spacial score (nSPS) is 9.25. The maximum atomic E-state index is 11.2. The number of carbonyl (C=O) groups excluding carboxylic acids is 2. The van der Waals surface area contributed by atoms with E-state index in [1.54, 1.807) is 25.1 Å². The Morgan fingerprint density at radius 3 is 2.75 bits per heavy atom. The number of nitrogens with zero attached hydrogens (tertiary/aromatic N) is 1. The van der Waals surface area contributed by atoms with Crippen LogP contribution in [0.1, 0.15) is 22.3 Å².